The van der Waals surface area contributed by atoms with Crippen molar-refractivity contribution in [3.05, 3.63) is 22.9 Å². The van der Waals surface area contributed by atoms with Crippen LogP contribution in [0.2, 0.25) is 0 Å². The lowest BCUT2D eigenvalue weighted by molar-refractivity contribution is 0.417. The van der Waals surface area contributed by atoms with Crippen LogP contribution < -0.4 is 10.6 Å². The van der Waals surface area contributed by atoms with E-state index in [0.717, 1.165) is 23.6 Å². The molecule has 0 aromatic carbocycles. The van der Waals surface area contributed by atoms with Gasteiger partial charge in [-0.2, -0.15) is 0 Å². The molecule has 0 aliphatic rings. The molecular weight excluding hydrogens is 210 g/mol. The maximum Gasteiger partial charge on any atom is 0.133 e. The molecular formula is C14H25N3. The molecule has 0 spiro atoms. The van der Waals surface area contributed by atoms with Gasteiger partial charge in [-0.3, -0.25) is 0 Å². The fourth-order valence-electron chi connectivity index (χ4n) is 2.20. The lowest BCUT2D eigenvalue weighted by atomic mass is 9.96. The summed E-state index contributed by atoms with van der Waals surface area (Å²) >= 11 is 0. The van der Waals surface area contributed by atoms with Crippen LogP contribution in [0.5, 0.6) is 0 Å². The molecule has 3 heteroatoms. The van der Waals surface area contributed by atoms with Crippen molar-refractivity contribution in [2.75, 3.05) is 18.5 Å². The lowest BCUT2D eigenvalue weighted by Crippen LogP contribution is -2.31. The summed E-state index contributed by atoms with van der Waals surface area (Å²) in [5.74, 6) is 1.03. The highest BCUT2D eigenvalue weighted by molar-refractivity contribution is 5.51. The third kappa shape index (κ3) is 3.70. The molecule has 2 N–H and O–H groups in total. The van der Waals surface area contributed by atoms with Crippen LogP contribution in [0, 0.1) is 19.3 Å². The van der Waals surface area contributed by atoms with Crippen molar-refractivity contribution in [1.29, 1.82) is 0 Å². The van der Waals surface area contributed by atoms with E-state index in [1.165, 1.54) is 5.56 Å². The Morgan fingerprint density at radius 3 is 2.35 bits per heavy atom. The Labute approximate surface area is 105 Å². The fraction of sp³-hybridized carbons (Fsp3) is 0.643. The van der Waals surface area contributed by atoms with Crippen molar-refractivity contribution in [2.24, 2.45) is 11.1 Å². The van der Waals surface area contributed by atoms with E-state index in [-0.39, 0.29) is 5.41 Å². The van der Waals surface area contributed by atoms with Gasteiger partial charge in [0.1, 0.15) is 5.82 Å². The molecule has 0 bridgehead atoms. The Bertz CT molecular complexity index is 391. The number of nitrogens with two attached hydrogens (primary N) is 1. The van der Waals surface area contributed by atoms with Crippen LogP contribution in [0.1, 0.15) is 37.6 Å². The molecule has 0 saturated heterocycles. The molecule has 1 heterocycles. The predicted octanol–water partition coefficient (Wildman–Crippen LogP) is 2.64. The minimum Gasteiger partial charge on any atom is -0.359 e. The predicted molar refractivity (Wildman–Crippen MR) is 74.3 cm³/mol. The number of aromatic nitrogens is 1. The van der Waals surface area contributed by atoms with Gasteiger partial charge >= 0.3 is 0 Å². The molecule has 0 aliphatic heterocycles. The first-order valence-electron chi connectivity index (χ1n) is 6.13. The van der Waals surface area contributed by atoms with E-state index in [1.807, 2.05) is 6.92 Å². The van der Waals surface area contributed by atoms with Crippen LogP contribution in [0.3, 0.4) is 0 Å². The van der Waals surface area contributed by atoms with Crippen LogP contribution in [0.15, 0.2) is 6.07 Å². The number of pyridine rings is 1. The van der Waals surface area contributed by atoms with Gasteiger partial charge in [0.05, 0.1) is 0 Å². The second-order valence-electron chi connectivity index (χ2n) is 6.00. The summed E-state index contributed by atoms with van der Waals surface area (Å²) in [5, 5.41) is 0. The smallest absolute Gasteiger partial charge is 0.133 e. The second kappa shape index (κ2) is 5.05. The van der Waals surface area contributed by atoms with Gasteiger partial charge in [0.2, 0.25) is 0 Å². The summed E-state index contributed by atoms with van der Waals surface area (Å²) in [4.78, 5) is 6.85. The van der Waals surface area contributed by atoms with E-state index in [1.54, 1.807) is 0 Å². The standard InChI is InChI=1S/C14H25N3/c1-10-7-11(2)16-13(12(10)8-15)17(6)9-14(3,4)5/h7H,8-9,15H2,1-6H3. The molecule has 1 rings (SSSR count). The third-order valence-corrected chi connectivity index (χ3v) is 2.73. The van der Waals surface area contributed by atoms with Crippen molar-refractivity contribution in [2.45, 2.75) is 41.2 Å². The van der Waals surface area contributed by atoms with E-state index in [9.17, 15) is 0 Å². The van der Waals surface area contributed by atoms with Crippen LogP contribution in [-0.2, 0) is 6.54 Å². The molecule has 96 valence electrons. The Balaban J connectivity index is 3.11. The molecule has 1 aromatic rings. The van der Waals surface area contributed by atoms with Gasteiger partial charge in [-0.15, -0.1) is 0 Å². The summed E-state index contributed by atoms with van der Waals surface area (Å²) in [7, 11) is 2.09. The monoisotopic (exact) mass is 235 g/mol. The first kappa shape index (κ1) is 14.0. The average Bonchev–Trinajstić information content (AvgIpc) is 2.13. The number of nitrogens with zero attached hydrogens (tertiary/aromatic N) is 2. The molecule has 0 amide bonds. The van der Waals surface area contributed by atoms with Crippen molar-refractivity contribution < 1.29 is 0 Å². The SMILES string of the molecule is Cc1cc(C)c(CN)c(N(C)CC(C)(C)C)n1. The van der Waals surface area contributed by atoms with Crippen molar-refractivity contribution in [3.63, 3.8) is 0 Å². The molecule has 3 nitrogen and oxygen atoms in total. The van der Waals surface area contributed by atoms with E-state index >= 15 is 0 Å². The minimum absolute atomic E-state index is 0.250. The summed E-state index contributed by atoms with van der Waals surface area (Å²) in [6.45, 7) is 12.3. The van der Waals surface area contributed by atoms with Gasteiger partial charge in [0.25, 0.3) is 0 Å². The van der Waals surface area contributed by atoms with Crippen molar-refractivity contribution in [3.8, 4) is 0 Å². The molecule has 0 radical (unpaired) electrons. The zero-order valence-corrected chi connectivity index (χ0v) is 12.0. The Morgan fingerprint density at radius 2 is 1.88 bits per heavy atom. The van der Waals surface area contributed by atoms with Gasteiger partial charge in [0, 0.05) is 31.4 Å². The van der Waals surface area contributed by atoms with E-state index in [4.69, 9.17) is 5.73 Å². The summed E-state index contributed by atoms with van der Waals surface area (Å²) in [5.41, 5.74) is 9.52. The van der Waals surface area contributed by atoms with Crippen LogP contribution in [-0.4, -0.2) is 18.6 Å². The zero-order valence-electron chi connectivity index (χ0n) is 12.0. The molecule has 0 atom stereocenters. The van der Waals surface area contributed by atoms with Gasteiger partial charge in [-0.05, 0) is 30.9 Å². The third-order valence-electron chi connectivity index (χ3n) is 2.73. The largest absolute Gasteiger partial charge is 0.359 e. The zero-order chi connectivity index (χ0) is 13.2. The van der Waals surface area contributed by atoms with Crippen molar-refractivity contribution >= 4 is 5.82 Å². The maximum absolute atomic E-state index is 5.84. The highest BCUT2D eigenvalue weighted by Gasteiger charge is 2.18. The number of aryl methyl sites for hydroxylation is 2. The second-order valence-corrected chi connectivity index (χ2v) is 6.00. The normalized spacial score (nSPS) is 11.7. The average molecular weight is 235 g/mol. The Morgan fingerprint density at radius 1 is 1.29 bits per heavy atom. The van der Waals surface area contributed by atoms with E-state index in [2.05, 4.69) is 50.7 Å². The topological polar surface area (TPSA) is 42.1 Å². The maximum atomic E-state index is 5.84. The van der Waals surface area contributed by atoms with Crippen molar-refractivity contribution in [1.82, 2.24) is 4.98 Å². The van der Waals surface area contributed by atoms with Crippen LogP contribution >= 0.6 is 0 Å². The molecule has 1 aromatic heterocycles. The molecule has 0 unspecified atom stereocenters. The van der Waals surface area contributed by atoms with Crippen LogP contribution in [0.4, 0.5) is 5.82 Å². The number of hydrogen-bond donors (Lipinski definition) is 1. The van der Waals surface area contributed by atoms with Gasteiger partial charge < -0.3 is 10.6 Å². The number of hydrogen-bond acceptors (Lipinski definition) is 3. The summed E-state index contributed by atoms with van der Waals surface area (Å²) < 4.78 is 0. The fourth-order valence-corrected chi connectivity index (χ4v) is 2.20. The number of anilines is 1. The first-order chi connectivity index (χ1) is 7.74. The molecule has 17 heavy (non-hydrogen) atoms. The Hall–Kier alpha value is -1.09. The van der Waals surface area contributed by atoms with Gasteiger partial charge in [-0.1, -0.05) is 20.8 Å². The van der Waals surface area contributed by atoms with Gasteiger partial charge in [-0.25, -0.2) is 4.98 Å². The lowest BCUT2D eigenvalue weighted by Gasteiger charge is -2.29. The summed E-state index contributed by atoms with van der Waals surface area (Å²) in [6.07, 6.45) is 0. The Kier molecular flexibility index (Phi) is 4.15. The number of rotatable bonds is 3. The van der Waals surface area contributed by atoms with Crippen LogP contribution in [0.25, 0.3) is 0 Å². The quantitative estimate of drug-likeness (QED) is 0.875. The molecule has 0 fully saturated rings. The molecule has 0 aliphatic carbocycles. The highest BCUT2D eigenvalue weighted by Crippen LogP contribution is 2.24. The summed E-state index contributed by atoms with van der Waals surface area (Å²) in [6, 6.07) is 2.09. The highest BCUT2D eigenvalue weighted by atomic mass is 15.2. The van der Waals surface area contributed by atoms with E-state index in [0.29, 0.717) is 6.54 Å². The van der Waals surface area contributed by atoms with E-state index < -0.39 is 0 Å². The molecule has 0 saturated carbocycles. The first-order valence-corrected chi connectivity index (χ1v) is 6.13. The minimum atomic E-state index is 0.250. The van der Waals surface area contributed by atoms with Gasteiger partial charge in [0.15, 0.2) is 0 Å².